The van der Waals surface area contributed by atoms with Crippen molar-refractivity contribution in [1.29, 1.82) is 0 Å². The van der Waals surface area contributed by atoms with Crippen molar-refractivity contribution in [2.45, 2.75) is 20.8 Å². The van der Waals surface area contributed by atoms with E-state index in [1.807, 2.05) is 20.8 Å². The molecule has 0 aliphatic heterocycles. The van der Waals surface area contributed by atoms with Gasteiger partial charge in [-0.15, -0.1) is 0 Å². The smallest absolute Gasteiger partial charge is 0.191 e. The monoisotopic (exact) mass is 122 g/mol. The fourth-order valence-electron chi connectivity index (χ4n) is 0.633. The summed E-state index contributed by atoms with van der Waals surface area (Å²) in [6.45, 7) is 5.70. The van der Waals surface area contributed by atoms with E-state index in [0.717, 1.165) is 17.3 Å². The fourth-order valence-corrected chi connectivity index (χ4v) is 0.633. The summed E-state index contributed by atoms with van der Waals surface area (Å²) in [7, 11) is 0. The maximum Gasteiger partial charge on any atom is 0.191 e. The molecule has 9 heavy (non-hydrogen) atoms. The first-order chi connectivity index (χ1) is 3.70. The highest BCUT2D eigenvalue weighted by molar-refractivity contribution is 5.75. The lowest BCUT2D eigenvalue weighted by atomic mass is 10.4. The van der Waals surface area contributed by atoms with Crippen LogP contribution >= 0.6 is 0 Å². The van der Waals surface area contributed by atoms with Gasteiger partial charge in [0.15, 0.2) is 5.89 Å². The summed E-state index contributed by atoms with van der Waals surface area (Å²) in [4.78, 5) is 4.04. The van der Waals surface area contributed by atoms with Crippen LogP contribution in [-0.2, 0) is 0 Å². The van der Waals surface area contributed by atoms with Crippen LogP contribution < -0.4 is 0 Å². The minimum absolute atomic E-state index is 0. The van der Waals surface area contributed by atoms with Crippen LogP contribution in [0.1, 0.15) is 17.3 Å². The van der Waals surface area contributed by atoms with E-state index >= 15 is 0 Å². The lowest BCUT2D eigenvalue weighted by molar-refractivity contribution is 0.493. The van der Waals surface area contributed by atoms with Crippen LogP contribution in [0.15, 0.2) is 4.42 Å². The van der Waals surface area contributed by atoms with Gasteiger partial charge in [0.1, 0.15) is 5.76 Å². The SMILES string of the molecule is Cc1nc(C)c(C)o1.[B]. The average Bonchev–Trinajstić information content (AvgIpc) is 1.85. The molecule has 0 spiro atoms. The lowest BCUT2D eigenvalue weighted by Gasteiger charge is -1.77. The van der Waals surface area contributed by atoms with E-state index in [1.54, 1.807) is 0 Å². The molecular formula is C6H9BNO. The van der Waals surface area contributed by atoms with Crippen LogP contribution in [0.2, 0.25) is 0 Å². The Labute approximate surface area is 56.9 Å². The fraction of sp³-hybridized carbons (Fsp3) is 0.500. The van der Waals surface area contributed by atoms with Crippen LogP contribution in [0.3, 0.4) is 0 Å². The van der Waals surface area contributed by atoms with E-state index in [0.29, 0.717) is 0 Å². The zero-order valence-corrected chi connectivity index (χ0v) is 5.93. The second kappa shape index (κ2) is 2.71. The van der Waals surface area contributed by atoms with E-state index < -0.39 is 0 Å². The maximum atomic E-state index is 5.10. The Kier molecular flexibility index (Phi) is 2.49. The molecule has 0 amide bonds. The number of aryl methyl sites for hydroxylation is 3. The molecule has 0 saturated heterocycles. The summed E-state index contributed by atoms with van der Waals surface area (Å²) in [5.41, 5.74) is 0.988. The summed E-state index contributed by atoms with van der Waals surface area (Å²) < 4.78 is 5.10. The molecule has 3 radical (unpaired) electrons. The molecule has 0 saturated carbocycles. The van der Waals surface area contributed by atoms with Gasteiger partial charge in [-0.25, -0.2) is 4.98 Å². The van der Waals surface area contributed by atoms with Crippen LogP contribution in [0.4, 0.5) is 0 Å². The van der Waals surface area contributed by atoms with Crippen molar-refractivity contribution in [3.63, 3.8) is 0 Å². The molecule has 0 aliphatic rings. The van der Waals surface area contributed by atoms with Crippen LogP contribution in [0.25, 0.3) is 0 Å². The van der Waals surface area contributed by atoms with Gasteiger partial charge in [0, 0.05) is 15.3 Å². The topological polar surface area (TPSA) is 26.0 Å². The van der Waals surface area contributed by atoms with Crippen LogP contribution in [0, 0.1) is 20.8 Å². The van der Waals surface area contributed by atoms with E-state index in [9.17, 15) is 0 Å². The van der Waals surface area contributed by atoms with Crippen molar-refractivity contribution in [2.75, 3.05) is 0 Å². The van der Waals surface area contributed by atoms with Gasteiger partial charge in [-0.05, 0) is 13.8 Å². The molecule has 1 heterocycles. The first kappa shape index (κ1) is 8.27. The maximum absolute atomic E-state index is 5.10. The van der Waals surface area contributed by atoms with E-state index in [4.69, 9.17) is 4.42 Å². The van der Waals surface area contributed by atoms with Crippen molar-refractivity contribution in [2.24, 2.45) is 0 Å². The van der Waals surface area contributed by atoms with Crippen molar-refractivity contribution in [1.82, 2.24) is 4.98 Å². The molecule has 1 rings (SSSR count). The summed E-state index contributed by atoms with van der Waals surface area (Å²) in [5, 5.41) is 0. The zero-order chi connectivity index (χ0) is 6.15. The molecule has 0 atom stereocenters. The Morgan fingerprint density at radius 2 is 1.78 bits per heavy atom. The highest BCUT2D eigenvalue weighted by atomic mass is 16.4. The molecule has 1 aromatic heterocycles. The number of aromatic nitrogens is 1. The first-order valence-corrected chi connectivity index (χ1v) is 2.61. The summed E-state index contributed by atoms with van der Waals surface area (Å²) >= 11 is 0. The number of nitrogens with zero attached hydrogens (tertiary/aromatic N) is 1. The molecule has 0 unspecified atom stereocenters. The van der Waals surface area contributed by atoms with Gasteiger partial charge in [0.2, 0.25) is 0 Å². The van der Waals surface area contributed by atoms with Gasteiger partial charge < -0.3 is 4.42 Å². The first-order valence-electron chi connectivity index (χ1n) is 2.61. The number of rotatable bonds is 0. The Morgan fingerprint density at radius 3 is 1.89 bits per heavy atom. The second-order valence-corrected chi connectivity index (χ2v) is 1.87. The Balaban J connectivity index is 0.000000640. The largest absolute Gasteiger partial charge is 0.446 e. The average molecular weight is 122 g/mol. The van der Waals surface area contributed by atoms with Gasteiger partial charge in [0.25, 0.3) is 0 Å². The Bertz CT molecular complexity index is 175. The molecule has 3 heteroatoms. The normalized spacial score (nSPS) is 8.78. The van der Waals surface area contributed by atoms with Gasteiger partial charge in [0.05, 0.1) is 5.69 Å². The highest BCUT2D eigenvalue weighted by Gasteiger charge is 1.97. The molecule has 0 bridgehead atoms. The van der Waals surface area contributed by atoms with E-state index in [-0.39, 0.29) is 8.41 Å². The predicted octanol–water partition coefficient (Wildman–Crippen LogP) is 1.22. The number of oxazole rings is 1. The zero-order valence-electron chi connectivity index (χ0n) is 5.93. The van der Waals surface area contributed by atoms with Gasteiger partial charge in [-0.2, -0.15) is 0 Å². The minimum Gasteiger partial charge on any atom is -0.446 e. The Hall–Kier alpha value is -0.725. The molecule has 1 aromatic rings. The van der Waals surface area contributed by atoms with E-state index in [2.05, 4.69) is 4.98 Å². The third-order valence-corrected chi connectivity index (χ3v) is 1.14. The quantitative estimate of drug-likeness (QED) is 0.483. The summed E-state index contributed by atoms with van der Waals surface area (Å²) in [6.07, 6.45) is 0. The molecule has 0 aromatic carbocycles. The molecule has 47 valence electrons. The molecule has 0 fully saturated rings. The van der Waals surface area contributed by atoms with Crippen molar-refractivity contribution in [3.8, 4) is 0 Å². The van der Waals surface area contributed by atoms with Crippen LogP contribution in [0.5, 0.6) is 0 Å². The third kappa shape index (κ3) is 1.59. The molecule has 2 nitrogen and oxygen atoms in total. The highest BCUT2D eigenvalue weighted by Crippen LogP contribution is 2.05. The van der Waals surface area contributed by atoms with Crippen molar-refractivity contribution >= 4 is 8.41 Å². The van der Waals surface area contributed by atoms with Gasteiger partial charge in [-0.3, -0.25) is 0 Å². The van der Waals surface area contributed by atoms with Crippen molar-refractivity contribution in [3.05, 3.63) is 17.3 Å². The Morgan fingerprint density at radius 1 is 1.22 bits per heavy atom. The lowest BCUT2D eigenvalue weighted by Crippen LogP contribution is -1.71. The molecule has 0 N–H and O–H groups in total. The number of hydrogen-bond donors (Lipinski definition) is 0. The molecular weight excluding hydrogens is 113 g/mol. The third-order valence-electron chi connectivity index (χ3n) is 1.14. The van der Waals surface area contributed by atoms with Crippen LogP contribution in [-0.4, -0.2) is 13.4 Å². The standard InChI is InChI=1S/C6H9NO.B/c1-4-5(2)8-6(3)7-4;/h1-3H3;. The summed E-state index contributed by atoms with van der Waals surface area (Å²) in [6, 6.07) is 0. The summed E-state index contributed by atoms with van der Waals surface area (Å²) in [5.74, 6) is 1.67. The van der Waals surface area contributed by atoms with Gasteiger partial charge >= 0.3 is 0 Å². The number of hydrogen-bond acceptors (Lipinski definition) is 2. The van der Waals surface area contributed by atoms with E-state index in [1.165, 1.54) is 0 Å². The predicted molar refractivity (Wildman–Crippen MR) is 36.5 cm³/mol. The van der Waals surface area contributed by atoms with Gasteiger partial charge in [-0.1, -0.05) is 0 Å². The molecule has 0 aliphatic carbocycles. The second-order valence-electron chi connectivity index (χ2n) is 1.87. The minimum atomic E-state index is 0. The van der Waals surface area contributed by atoms with Crippen molar-refractivity contribution < 1.29 is 4.42 Å².